The summed E-state index contributed by atoms with van der Waals surface area (Å²) in [4.78, 5) is 0. The molecule has 3 unspecified atom stereocenters. The molecule has 4 aromatic rings. The normalized spacial score (nSPS) is 31.9. The first-order chi connectivity index (χ1) is 20.2. The van der Waals surface area contributed by atoms with Crippen molar-refractivity contribution in [3.05, 3.63) is 155 Å². The molecule has 6 atom stereocenters. The maximum Gasteiger partial charge on any atom is 0.0890 e. The van der Waals surface area contributed by atoms with Crippen molar-refractivity contribution in [1.29, 1.82) is 0 Å². The number of benzene rings is 4. The van der Waals surface area contributed by atoms with E-state index in [0.717, 1.165) is 25.7 Å². The smallest absolute Gasteiger partial charge is 0.0890 e. The van der Waals surface area contributed by atoms with Crippen LogP contribution >= 0.6 is 0 Å². The molecule has 2 N–H and O–H groups in total. The van der Waals surface area contributed by atoms with Crippen LogP contribution in [0, 0.1) is 17.8 Å². The number of fused-ring (bicyclic) bond motifs is 5. The minimum atomic E-state index is -0.668. The van der Waals surface area contributed by atoms with Gasteiger partial charge in [-0.2, -0.15) is 0 Å². The van der Waals surface area contributed by atoms with E-state index in [1.165, 1.54) is 44.5 Å². The van der Waals surface area contributed by atoms with Crippen molar-refractivity contribution >= 4 is 11.1 Å². The van der Waals surface area contributed by atoms with Gasteiger partial charge < -0.3 is 10.2 Å². The lowest BCUT2D eigenvalue weighted by Gasteiger charge is -2.39. The van der Waals surface area contributed by atoms with Crippen LogP contribution < -0.4 is 0 Å². The summed E-state index contributed by atoms with van der Waals surface area (Å²) in [6.45, 7) is 0.291. The highest BCUT2D eigenvalue weighted by Crippen LogP contribution is 2.74. The molecule has 1 saturated carbocycles. The van der Waals surface area contributed by atoms with E-state index in [1.54, 1.807) is 0 Å². The fourth-order valence-corrected chi connectivity index (χ4v) is 9.38. The lowest BCUT2D eigenvalue weighted by atomic mass is 9.63. The average molecular weight is 537 g/mol. The zero-order chi connectivity index (χ0) is 27.6. The van der Waals surface area contributed by atoms with Gasteiger partial charge >= 0.3 is 0 Å². The molecule has 0 saturated heterocycles. The van der Waals surface area contributed by atoms with Crippen LogP contribution in [0.15, 0.2) is 132 Å². The minimum absolute atomic E-state index is 0.291. The SMILES string of the molecule is OCC1[C@H]2CCC3=C(CC[C@@H]12)[C@]1(c2ccccc2)C(c2ccccc2)=C(c2ccccc2)C3(c2ccccc2)C1O. The predicted octanol–water partition coefficient (Wildman–Crippen LogP) is 7.59. The topological polar surface area (TPSA) is 40.5 Å². The van der Waals surface area contributed by atoms with Gasteiger partial charge in [-0.25, -0.2) is 0 Å². The number of hydrogen-bond donors (Lipinski definition) is 2. The molecular weight excluding hydrogens is 500 g/mol. The molecule has 4 aromatic carbocycles. The highest BCUT2D eigenvalue weighted by molar-refractivity contribution is 6.09. The second-order valence-corrected chi connectivity index (χ2v) is 12.4. The van der Waals surface area contributed by atoms with Crippen molar-refractivity contribution in [3.63, 3.8) is 0 Å². The highest BCUT2D eigenvalue weighted by atomic mass is 16.3. The molecule has 41 heavy (non-hydrogen) atoms. The van der Waals surface area contributed by atoms with Gasteiger partial charge in [0, 0.05) is 6.61 Å². The van der Waals surface area contributed by atoms with Gasteiger partial charge in [0.1, 0.15) is 0 Å². The average Bonchev–Trinajstić information content (AvgIpc) is 3.58. The molecule has 204 valence electrons. The van der Waals surface area contributed by atoms with Crippen molar-refractivity contribution in [2.45, 2.75) is 42.6 Å². The van der Waals surface area contributed by atoms with Crippen LogP contribution in [-0.2, 0) is 10.8 Å². The highest BCUT2D eigenvalue weighted by Gasteiger charge is 2.71. The largest absolute Gasteiger partial charge is 0.396 e. The molecular formula is C39H36O2. The van der Waals surface area contributed by atoms with Gasteiger partial charge in [0.05, 0.1) is 16.9 Å². The summed E-state index contributed by atoms with van der Waals surface area (Å²) in [7, 11) is 0. The van der Waals surface area contributed by atoms with E-state index >= 15 is 0 Å². The third-order valence-corrected chi connectivity index (χ3v) is 10.9. The Labute approximate surface area is 242 Å². The number of aliphatic hydroxyl groups is 2. The second kappa shape index (κ2) is 9.41. The van der Waals surface area contributed by atoms with Crippen LogP contribution in [0.5, 0.6) is 0 Å². The summed E-state index contributed by atoms with van der Waals surface area (Å²) in [5, 5.41) is 23.4. The van der Waals surface area contributed by atoms with Crippen LogP contribution in [0.25, 0.3) is 11.1 Å². The van der Waals surface area contributed by atoms with E-state index in [1.807, 2.05) is 0 Å². The third-order valence-electron chi connectivity index (χ3n) is 10.9. The molecule has 4 aliphatic carbocycles. The number of rotatable bonds is 5. The second-order valence-electron chi connectivity index (χ2n) is 12.4. The summed E-state index contributed by atoms with van der Waals surface area (Å²) >= 11 is 0. The summed E-state index contributed by atoms with van der Waals surface area (Å²) in [6, 6.07) is 43.3. The van der Waals surface area contributed by atoms with Crippen LogP contribution in [-0.4, -0.2) is 22.9 Å². The molecule has 2 heteroatoms. The first-order valence-electron chi connectivity index (χ1n) is 15.2. The van der Waals surface area contributed by atoms with Crippen molar-refractivity contribution in [1.82, 2.24) is 0 Å². The van der Waals surface area contributed by atoms with E-state index in [2.05, 4.69) is 121 Å². The van der Waals surface area contributed by atoms with E-state index in [-0.39, 0.29) is 0 Å². The third kappa shape index (κ3) is 3.26. The van der Waals surface area contributed by atoms with Gasteiger partial charge in [-0.1, -0.05) is 132 Å². The molecule has 0 aromatic heterocycles. The van der Waals surface area contributed by atoms with Crippen molar-refractivity contribution in [3.8, 4) is 0 Å². The van der Waals surface area contributed by atoms with Crippen LogP contribution in [0.3, 0.4) is 0 Å². The zero-order valence-electron chi connectivity index (χ0n) is 23.3. The van der Waals surface area contributed by atoms with E-state index in [9.17, 15) is 10.2 Å². The molecule has 4 aliphatic rings. The molecule has 2 nitrogen and oxygen atoms in total. The Morgan fingerprint density at radius 1 is 0.537 bits per heavy atom. The first-order valence-corrected chi connectivity index (χ1v) is 15.2. The van der Waals surface area contributed by atoms with Gasteiger partial charge in [0.25, 0.3) is 0 Å². The minimum Gasteiger partial charge on any atom is -0.396 e. The predicted molar refractivity (Wildman–Crippen MR) is 165 cm³/mol. The molecule has 2 bridgehead atoms. The Hall–Kier alpha value is -3.72. The molecule has 0 heterocycles. The van der Waals surface area contributed by atoms with Gasteiger partial charge in [0.2, 0.25) is 0 Å². The van der Waals surface area contributed by atoms with Gasteiger partial charge in [-0.3, -0.25) is 0 Å². The molecule has 0 radical (unpaired) electrons. The number of hydrogen-bond acceptors (Lipinski definition) is 2. The first kappa shape index (κ1) is 25.0. The summed E-state index contributed by atoms with van der Waals surface area (Å²) < 4.78 is 0. The number of aliphatic hydroxyl groups excluding tert-OH is 2. The van der Waals surface area contributed by atoms with Crippen LogP contribution in [0.4, 0.5) is 0 Å². The molecule has 1 fully saturated rings. The van der Waals surface area contributed by atoms with Gasteiger partial charge in [-0.05, 0) is 76.8 Å². The van der Waals surface area contributed by atoms with E-state index in [4.69, 9.17) is 0 Å². The van der Waals surface area contributed by atoms with Crippen molar-refractivity contribution in [2.75, 3.05) is 6.61 Å². The Balaban J connectivity index is 1.52. The Morgan fingerprint density at radius 3 is 1.27 bits per heavy atom. The Bertz CT molecular complexity index is 1520. The molecule has 0 amide bonds. The standard InChI is InChI=1S/C39H36O2/c40-25-32-30-21-23-33-34(24-22-31(30)32)39(29-19-11-4-12-20-29)36(27-15-7-2-8-16-27)35(26-13-5-1-6-14-26)38(33,37(39)41)28-17-9-3-10-18-28/h1-20,30-32,37,40-41H,21-25H2/t30-,31+,32?,37?,38-,39?/m1/s1. The van der Waals surface area contributed by atoms with Gasteiger partial charge in [-0.15, -0.1) is 0 Å². The maximum absolute atomic E-state index is 13.3. The zero-order valence-corrected chi connectivity index (χ0v) is 23.3. The van der Waals surface area contributed by atoms with Gasteiger partial charge in [0.15, 0.2) is 0 Å². The fourth-order valence-electron chi connectivity index (χ4n) is 9.38. The quantitative estimate of drug-likeness (QED) is 0.258. The monoisotopic (exact) mass is 536 g/mol. The lowest BCUT2D eigenvalue weighted by molar-refractivity contribution is 0.109. The Morgan fingerprint density at radius 2 is 0.902 bits per heavy atom. The molecule has 0 aliphatic heterocycles. The Kier molecular flexibility index (Phi) is 5.74. The maximum atomic E-state index is 13.3. The van der Waals surface area contributed by atoms with E-state index in [0.29, 0.717) is 24.4 Å². The molecule has 0 spiro atoms. The van der Waals surface area contributed by atoms with Crippen LogP contribution in [0.1, 0.15) is 47.9 Å². The van der Waals surface area contributed by atoms with E-state index < -0.39 is 16.9 Å². The molecule has 8 rings (SSSR count). The fraction of sp³-hybridized carbons (Fsp3) is 0.282. The summed E-state index contributed by atoms with van der Waals surface area (Å²) in [5.41, 5.74) is 8.72. The summed E-state index contributed by atoms with van der Waals surface area (Å²) in [6.07, 6.45) is 3.38. The van der Waals surface area contributed by atoms with Crippen molar-refractivity contribution < 1.29 is 10.2 Å². The summed E-state index contributed by atoms with van der Waals surface area (Å²) in [5.74, 6) is 1.60. The lowest BCUT2D eigenvalue weighted by Crippen LogP contribution is -2.43. The van der Waals surface area contributed by atoms with Crippen LogP contribution in [0.2, 0.25) is 0 Å². The van der Waals surface area contributed by atoms with Crippen molar-refractivity contribution in [2.24, 2.45) is 17.8 Å².